The van der Waals surface area contributed by atoms with Crippen LogP contribution in [0.2, 0.25) is 0 Å². The van der Waals surface area contributed by atoms with Crippen molar-refractivity contribution in [3.8, 4) is 0 Å². The van der Waals surface area contributed by atoms with Crippen molar-refractivity contribution in [2.45, 2.75) is 52.2 Å². The van der Waals surface area contributed by atoms with Crippen LogP contribution in [-0.2, 0) is 9.47 Å². The lowest BCUT2D eigenvalue weighted by Gasteiger charge is -2.22. The molecule has 0 spiro atoms. The van der Waals surface area contributed by atoms with Crippen molar-refractivity contribution < 1.29 is 9.47 Å². The Morgan fingerprint density at radius 2 is 2.11 bits per heavy atom. The summed E-state index contributed by atoms with van der Waals surface area (Å²) < 4.78 is 11.3. The van der Waals surface area contributed by atoms with Crippen LogP contribution < -0.4 is 0 Å². The highest BCUT2D eigenvalue weighted by atomic mass is 79.9. The number of halogens is 1. The van der Waals surface area contributed by atoms with Gasteiger partial charge in [-0.3, -0.25) is 0 Å². The SMILES string of the molecule is C/C(=C/CBr)CC/C=C(/C)COC1CCCCO1. The van der Waals surface area contributed by atoms with Crippen molar-refractivity contribution in [2.24, 2.45) is 0 Å². The summed E-state index contributed by atoms with van der Waals surface area (Å²) in [5.74, 6) is 0. The van der Waals surface area contributed by atoms with Crippen molar-refractivity contribution in [2.75, 3.05) is 18.5 Å². The molecule has 0 aliphatic carbocycles. The Kier molecular flexibility index (Phi) is 8.64. The van der Waals surface area contributed by atoms with Gasteiger partial charge in [0.05, 0.1) is 6.61 Å². The van der Waals surface area contributed by atoms with Crippen molar-refractivity contribution in [1.82, 2.24) is 0 Å². The Bertz CT molecular complexity index is 278. The van der Waals surface area contributed by atoms with Crippen LogP contribution in [0.25, 0.3) is 0 Å². The molecule has 0 saturated carbocycles. The molecule has 1 aliphatic heterocycles. The molecule has 18 heavy (non-hydrogen) atoms. The number of rotatable bonds is 7. The fraction of sp³-hybridized carbons (Fsp3) is 0.733. The quantitative estimate of drug-likeness (QED) is 0.505. The summed E-state index contributed by atoms with van der Waals surface area (Å²) in [5, 5.41) is 0.948. The van der Waals surface area contributed by atoms with Crippen LogP contribution in [0.4, 0.5) is 0 Å². The average molecular weight is 317 g/mol. The highest BCUT2D eigenvalue weighted by Crippen LogP contribution is 2.15. The third-order valence-corrected chi connectivity index (χ3v) is 3.42. The Morgan fingerprint density at radius 3 is 2.78 bits per heavy atom. The summed E-state index contributed by atoms with van der Waals surface area (Å²) in [6.45, 7) is 5.86. The molecule has 3 heteroatoms. The van der Waals surface area contributed by atoms with E-state index in [2.05, 4.69) is 41.9 Å². The van der Waals surface area contributed by atoms with Gasteiger partial charge in [0.15, 0.2) is 6.29 Å². The maximum atomic E-state index is 5.74. The topological polar surface area (TPSA) is 18.5 Å². The molecule has 0 bridgehead atoms. The molecular weight excluding hydrogens is 292 g/mol. The maximum absolute atomic E-state index is 5.74. The molecule has 0 aromatic heterocycles. The molecular formula is C15H25BrO2. The zero-order chi connectivity index (χ0) is 13.2. The highest BCUT2D eigenvalue weighted by molar-refractivity contribution is 9.09. The van der Waals surface area contributed by atoms with E-state index in [4.69, 9.17) is 9.47 Å². The second-order valence-corrected chi connectivity index (χ2v) is 5.55. The van der Waals surface area contributed by atoms with Gasteiger partial charge in [0.25, 0.3) is 0 Å². The van der Waals surface area contributed by atoms with Gasteiger partial charge in [-0.05, 0) is 46.0 Å². The lowest BCUT2D eigenvalue weighted by Crippen LogP contribution is -2.22. The molecule has 2 nitrogen and oxygen atoms in total. The normalized spacial score (nSPS) is 22.3. The molecule has 104 valence electrons. The Morgan fingerprint density at radius 1 is 1.28 bits per heavy atom. The summed E-state index contributed by atoms with van der Waals surface area (Å²) in [7, 11) is 0. The molecule has 0 N–H and O–H groups in total. The summed E-state index contributed by atoms with van der Waals surface area (Å²) in [4.78, 5) is 0. The molecule has 1 fully saturated rings. The fourth-order valence-electron chi connectivity index (χ4n) is 1.91. The summed E-state index contributed by atoms with van der Waals surface area (Å²) in [5.41, 5.74) is 2.74. The summed E-state index contributed by atoms with van der Waals surface area (Å²) in [6.07, 6.45) is 10.2. The molecule has 1 heterocycles. The predicted molar refractivity (Wildman–Crippen MR) is 80.1 cm³/mol. The van der Waals surface area contributed by atoms with Gasteiger partial charge < -0.3 is 9.47 Å². The van der Waals surface area contributed by atoms with Gasteiger partial charge in [-0.1, -0.05) is 39.2 Å². The number of ether oxygens (including phenoxy) is 2. The molecule has 1 atom stereocenters. The van der Waals surface area contributed by atoms with E-state index in [1.54, 1.807) is 0 Å². The second kappa shape index (κ2) is 9.76. The fourth-order valence-corrected chi connectivity index (χ4v) is 2.46. The van der Waals surface area contributed by atoms with Gasteiger partial charge in [-0.15, -0.1) is 0 Å². The largest absolute Gasteiger partial charge is 0.353 e. The van der Waals surface area contributed by atoms with E-state index in [-0.39, 0.29) is 6.29 Å². The Balaban J connectivity index is 2.14. The first kappa shape index (κ1) is 15.9. The molecule has 0 aromatic carbocycles. The summed E-state index contributed by atoms with van der Waals surface area (Å²) >= 11 is 3.41. The van der Waals surface area contributed by atoms with Crippen LogP contribution in [0, 0.1) is 0 Å². The van der Waals surface area contributed by atoms with Crippen LogP contribution in [0.15, 0.2) is 23.3 Å². The molecule has 1 rings (SSSR count). The molecule has 1 saturated heterocycles. The average Bonchev–Trinajstić information content (AvgIpc) is 2.38. The van der Waals surface area contributed by atoms with E-state index in [0.717, 1.165) is 31.2 Å². The van der Waals surface area contributed by atoms with Gasteiger partial charge in [0.1, 0.15) is 0 Å². The van der Waals surface area contributed by atoms with Crippen molar-refractivity contribution >= 4 is 15.9 Å². The minimum Gasteiger partial charge on any atom is -0.353 e. The van der Waals surface area contributed by atoms with Gasteiger partial charge in [-0.25, -0.2) is 0 Å². The van der Waals surface area contributed by atoms with Crippen molar-refractivity contribution in [3.05, 3.63) is 23.3 Å². The van der Waals surface area contributed by atoms with Crippen LogP contribution in [0.1, 0.15) is 46.0 Å². The maximum Gasteiger partial charge on any atom is 0.158 e. The van der Waals surface area contributed by atoms with Gasteiger partial charge in [-0.2, -0.15) is 0 Å². The van der Waals surface area contributed by atoms with Crippen molar-refractivity contribution in [3.63, 3.8) is 0 Å². The van der Waals surface area contributed by atoms with E-state index >= 15 is 0 Å². The number of allylic oxidation sites excluding steroid dienone is 3. The molecule has 0 amide bonds. The summed E-state index contributed by atoms with van der Waals surface area (Å²) in [6, 6.07) is 0. The first-order valence-electron chi connectivity index (χ1n) is 6.83. The molecule has 1 unspecified atom stereocenters. The van der Waals surface area contributed by atoms with E-state index in [9.17, 15) is 0 Å². The highest BCUT2D eigenvalue weighted by Gasteiger charge is 2.13. The van der Waals surface area contributed by atoms with Crippen LogP contribution >= 0.6 is 15.9 Å². The third kappa shape index (κ3) is 7.34. The van der Waals surface area contributed by atoms with E-state index in [0.29, 0.717) is 6.61 Å². The standard InChI is InChI=1S/C15H25BrO2/c1-13(9-10-16)6-5-7-14(2)12-18-15-8-3-4-11-17-15/h7,9,15H,3-6,8,10-12H2,1-2H3/b13-9-,14-7-. The Hall–Kier alpha value is -0.120. The lowest BCUT2D eigenvalue weighted by atomic mass is 10.1. The molecule has 0 aromatic rings. The van der Waals surface area contributed by atoms with Crippen molar-refractivity contribution in [1.29, 1.82) is 0 Å². The van der Waals surface area contributed by atoms with E-state index in [1.165, 1.54) is 24.0 Å². The van der Waals surface area contributed by atoms with Gasteiger partial charge in [0, 0.05) is 11.9 Å². The zero-order valence-corrected chi connectivity index (χ0v) is 13.2. The minimum absolute atomic E-state index is 0.0251. The predicted octanol–water partition coefficient (Wildman–Crippen LogP) is 4.60. The van der Waals surface area contributed by atoms with Gasteiger partial charge in [0.2, 0.25) is 0 Å². The van der Waals surface area contributed by atoms with Gasteiger partial charge >= 0.3 is 0 Å². The third-order valence-electron chi connectivity index (χ3n) is 3.09. The van der Waals surface area contributed by atoms with Crippen LogP contribution in [0.3, 0.4) is 0 Å². The lowest BCUT2D eigenvalue weighted by molar-refractivity contribution is -0.156. The van der Waals surface area contributed by atoms with E-state index < -0.39 is 0 Å². The zero-order valence-electron chi connectivity index (χ0n) is 11.6. The molecule has 1 aliphatic rings. The Labute approximate surface area is 120 Å². The van der Waals surface area contributed by atoms with Crippen LogP contribution in [-0.4, -0.2) is 24.8 Å². The number of hydrogen-bond donors (Lipinski definition) is 0. The first-order chi connectivity index (χ1) is 8.72. The minimum atomic E-state index is 0.0251. The van der Waals surface area contributed by atoms with Crippen LogP contribution in [0.5, 0.6) is 0 Å². The van der Waals surface area contributed by atoms with E-state index in [1.807, 2.05) is 0 Å². The smallest absolute Gasteiger partial charge is 0.158 e. The number of hydrogen-bond acceptors (Lipinski definition) is 2. The monoisotopic (exact) mass is 316 g/mol. The molecule has 0 radical (unpaired) electrons. The first-order valence-corrected chi connectivity index (χ1v) is 7.95. The number of alkyl halides is 1. The second-order valence-electron chi connectivity index (χ2n) is 4.90.